The van der Waals surface area contributed by atoms with Crippen molar-refractivity contribution in [1.29, 1.82) is 0 Å². The van der Waals surface area contributed by atoms with Crippen molar-refractivity contribution in [3.63, 3.8) is 0 Å². The molecule has 4 atom stereocenters. The highest BCUT2D eigenvalue weighted by Gasteiger charge is 2.30. The fourth-order valence-electron chi connectivity index (χ4n) is 3.31. The van der Waals surface area contributed by atoms with E-state index in [9.17, 15) is 24.6 Å². The minimum absolute atomic E-state index is 0.0313. The average Bonchev–Trinajstić information content (AvgIpc) is 3.42. The number of aliphatic carboxylic acids is 1. The predicted octanol–water partition coefficient (Wildman–Crippen LogP) is -0.561. The third-order valence-corrected chi connectivity index (χ3v) is 5.15. The molecule has 0 saturated heterocycles. The van der Waals surface area contributed by atoms with Crippen LogP contribution in [0.2, 0.25) is 0 Å². The van der Waals surface area contributed by atoms with E-state index in [1.165, 1.54) is 19.4 Å². The minimum Gasteiger partial charge on any atom is -0.480 e. The number of aromatic amines is 2. The number of carboxylic acids is 1. The van der Waals surface area contributed by atoms with Gasteiger partial charge in [-0.2, -0.15) is 0 Å². The number of carbonyl (C=O) groups is 3. The summed E-state index contributed by atoms with van der Waals surface area (Å²) in [6.45, 7) is 1.36. The summed E-state index contributed by atoms with van der Waals surface area (Å²) in [6.07, 6.45) is 3.57. The van der Waals surface area contributed by atoms with Gasteiger partial charge in [0.25, 0.3) is 0 Å². The van der Waals surface area contributed by atoms with Crippen LogP contribution in [-0.4, -0.2) is 67.2 Å². The van der Waals surface area contributed by atoms with E-state index >= 15 is 0 Å². The van der Waals surface area contributed by atoms with Crippen molar-refractivity contribution in [2.45, 2.75) is 44.0 Å². The number of para-hydroxylation sites is 1. The Morgan fingerprint density at radius 2 is 1.81 bits per heavy atom. The van der Waals surface area contributed by atoms with Crippen LogP contribution in [0.3, 0.4) is 0 Å². The maximum absolute atomic E-state index is 13.0. The summed E-state index contributed by atoms with van der Waals surface area (Å²) in [5.74, 6) is -2.64. The average molecular weight is 442 g/mol. The SMILES string of the molecule is C[C@@H](O)[C@H](N)C(=O)N[C@@H](Cc1cnc[nH]1)C(=O)N[C@@H](Cc1c[nH]c2ccccc12)C(=O)O. The molecule has 11 nitrogen and oxygen atoms in total. The number of amides is 2. The fourth-order valence-corrected chi connectivity index (χ4v) is 3.31. The number of imidazole rings is 1. The highest BCUT2D eigenvalue weighted by molar-refractivity contribution is 5.92. The second-order valence-corrected chi connectivity index (χ2v) is 7.57. The number of carbonyl (C=O) groups excluding carboxylic acids is 2. The van der Waals surface area contributed by atoms with Gasteiger partial charge in [-0.25, -0.2) is 9.78 Å². The van der Waals surface area contributed by atoms with Crippen LogP contribution in [0.4, 0.5) is 0 Å². The lowest BCUT2D eigenvalue weighted by atomic mass is 10.0. The van der Waals surface area contributed by atoms with Gasteiger partial charge in [-0.3, -0.25) is 9.59 Å². The fraction of sp³-hybridized carbons (Fsp3) is 0.333. The zero-order valence-electron chi connectivity index (χ0n) is 17.4. The van der Waals surface area contributed by atoms with E-state index in [0.717, 1.165) is 16.5 Å². The normalized spacial score (nSPS) is 15.0. The molecule has 2 amide bonds. The number of nitrogens with two attached hydrogens (primary N) is 1. The van der Waals surface area contributed by atoms with Crippen molar-refractivity contribution in [2.24, 2.45) is 5.73 Å². The highest BCUT2D eigenvalue weighted by atomic mass is 16.4. The van der Waals surface area contributed by atoms with Crippen LogP contribution in [0.1, 0.15) is 18.2 Å². The maximum Gasteiger partial charge on any atom is 0.326 e. The van der Waals surface area contributed by atoms with Gasteiger partial charge in [0.2, 0.25) is 11.8 Å². The Balaban J connectivity index is 1.76. The summed E-state index contributed by atoms with van der Waals surface area (Å²) in [5, 5.41) is 25.1. The number of nitrogens with zero attached hydrogens (tertiary/aromatic N) is 1. The molecule has 0 saturated carbocycles. The first-order valence-electron chi connectivity index (χ1n) is 10.1. The van der Waals surface area contributed by atoms with Crippen molar-refractivity contribution in [2.75, 3.05) is 0 Å². The molecule has 1 aromatic carbocycles. The van der Waals surface area contributed by atoms with Gasteiger partial charge in [0.15, 0.2) is 0 Å². The van der Waals surface area contributed by atoms with Crippen LogP contribution in [0.15, 0.2) is 43.0 Å². The standard InChI is InChI=1S/C21H26N6O5/c1-11(28)18(22)20(30)26-16(7-13-9-23-10-25-13)19(29)27-17(21(31)32)6-12-8-24-15-5-3-2-4-14(12)15/h2-5,8-11,16-18,24,28H,6-7,22H2,1H3,(H,23,25)(H,26,30)(H,27,29)(H,31,32)/t11-,16+,17+,18+/m1/s1. The number of rotatable bonds is 10. The molecule has 3 aromatic rings. The molecule has 0 aliphatic carbocycles. The van der Waals surface area contributed by atoms with Crippen LogP contribution in [0, 0.1) is 0 Å². The molecule has 2 aromatic heterocycles. The number of carboxylic acid groups (broad SMARTS) is 1. The van der Waals surface area contributed by atoms with E-state index in [4.69, 9.17) is 5.73 Å². The predicted molar refractivity (Wildman–Crippen MR) is 115 cm³/mol. The Morgan fingerprint density at radius 1 is 1.09 bits per heavy atom. The number of aliphatic hydroxyl groups is 1. The van der Waals surface area contributed by atoms with E-state index in [-0.39, 0.29) is 12.8 Å². The van der Waals surface area contributed by atoms with Gasteiger partial charge < -0.3 is 36.5 Å². The quantitative estimate of drug-likeness (QED) is 0.219. The first kappa shape index (κ1) is 23.0. The molecule has 0 aliphatic heterocycles. The Labute approximate surface area is 183 Å². The van der Waals surface area contributed by atoms with Crippen molar-refractivity contribution in [1.82, 2.24) is 25.6 Å². The number of benzene rings is 1. The minimum atomic E-state index is -1.24. The molecule has 2 heterocycles. The third kappa shape index (κ3) is 5.50. The topological polar surface area (TPSA) is 186 Å². The Morgan fingerprint density at radius 3 is 2.47 bits per heavy atom. The zero-order valence-corrected chi connectivity index (χ0v) is 17.4. The Bertz CT molecular complexity index is 1080. The van der Waals surface area contributed by atoms with Crippen molar-refractivity contribution in [3.05, 3.63) is 54.2 Å². The molecule has 0 bridgehead atoms. The Kier molecular flexibility index (Phi) is 7.23. The molecule has 3 rings (SSSR count). The lowest BCUT2D eigenvalue weighted by Crippen LogP contribution is -2.57. The van der Waals surface area contributed by atoms with Gasteiger partial charge >= 0.3 is 5.97 Å². The van der Waals surface area contributed by atoms with E-state index in [1.54, 1.807) is 6.20 Å². The molecule has 0 radical (unpaired) electrons. The largest absolute Gasteiger partial charge is 0.480 e. The van der Waals surface area contributed by atoms with Crippen LogP contribution in [0.25, 0.3) is 10.9 Å². The molecule has 0 fully saturated rings. The molecular formula is C21H26N6O5. The second kappa shape index (κ2) is 10.1. The van der Waals surface area contributed by atoms with Crippen LogP contribution < -0.4 is 16.4 Å². The number of fused-ring (bicyclic) bond motifs is 1. The lowest BCUT2D eigenvalue weighted by molar-refractivity contribution is -0.142. The smallest absolute Gasteiger partial charge is 0.326 e. The first-order chi connectivity index (χ1) is 15.3. The van der Waals surface area contributed by atoms with Crippen LogP contribution >= 0.6 is 0 Å². The molecule has 32 heavy (non-hydrogen) atoms. The van der Waals surface area contributed by atoms with Gasteiger partial charge in [0.1, 0.15) is 18.1 Å². The number of hydrogen-bond acceptors (Lipinski definition) is 6. The van der Waals surface area contributed by atoms with Gasteiger partial charge in [-0.05, 0) is 18.6 Å². The van der Waals surface area contributed by atoms with Crippen molar-refractivity contribution in [3.8, 4) is 0 Å². The van der Waals surface area contributed by atoms with Gasteiger partial charge in [-0.15, -0.1) is 0 Å². The molecule has 0 unspecified atom stereocenters. The van der Waals surface area contributed by atoms with E-state index < -0.39 is 42.0 Å². The molecular weight excluding hydrogens is 416 g/mol. The summed E-state index contributed by atoms with van der Waals surface area (Å²) in [7, 11) is 0. The third-order valence-electron chi connectivity index (χ3n) is 5.15. The van der Waals surface area contributed by atoms with Gasteiger partial charge in [-0.1, -0.05) is 18.2 Å². The highest BCUT2D eigenvalue weighted by Crippen LogP contribution is 2.19. The first-order valence-corrected chi connectivity index (χ1v) is 10.1. The number of H-pyrrole nitrogens is 2. The molecule has 0 spiro atoms. The van der Waals surface area contributed by atoms with Crippen molar-refractivity contribution >= 4 is 28.7 Å². The number of aromatic nitrogens is 3. The summed E-state index contributed by atoms with van der Waals surface area (Å²) in [5.41, 5.74) is 7.81. The molecule has 170 valence electrons. The molecule has 0 aliphatic rings. The van der Waals surface area contributed by atoms with Crippen molar-refractivity contribution < 1.29 is 24.6 Å². The maximum atomic E-state index is 13.0. The van der Waals surface area contributed by atoms with Gasteiger partial charge in [0, 0.05) is 41.8 Å². The van der Waals surface area contributed by atoms with E-state index in [0.29, 0.717) is 5.69 Å². The summed E-state index contributed by atoms with van der Waals surface area (Å²) < 4.78 is 0. The number of hydrogen-bond donors (Lipinski definition) is 7. The number of aliphatic hydroxyl groups excluding tert-OH is 1. The van der Waals surface area contributed by atoms with Gasteiger partial charge in [0.05, 0.1) is 12.4 Å². The number of nitrogens with one attached hydrogen (secondary N) is 4. The summed E-state index contributed by atoms with van der Waals surface area (Å²) in [6, 6.07) is 3.84. The zero-order chi connectivity index (χ0) is 23.3. The molecule has 8 N–H and O–H groups in total. The molecule has 11 heteroatoms. The lowest BCUT2D eigenvalue weighted by Gasteiger charge is -2.23. The Hall–Kier alpha value is -3.70. The van der Waals surface area contributed by atoms with Crippen LogP contribution in [0.5, 0.6) is 0 Å². The van der Waals surface area contributed by atoms with E-state index in [1.807, 2.05) is 24.3 Å². The van der Waals surface area contributed by atoms with Crippen LogP contribution in [-0.2, 0) is 27.2 Å². The summed E-state index contributed by atoms with van der Waals surface area (Å²) in [4.78, 5) is 47.0. The van der Waals surface area contributed by atoms with E-state index in [2.05, 4.69) is 25.6 Å². The second-order valence-electron chi connectivity index (χ2n) is 7.57. The summed E-state index contributed by atoms with van der Waals surface area (Å²) >= 11 is 0. The monoisotopic (exact) mass is 442 g/mol.